The highest BCUT2D eigenvalue weighted by Gasteiger charge is 2.41. The SMILES string of the molecule is CCOC(C)COCc1ccc([C@H]2[C@H](C=O)CN(C(=O)OC(C)(C)C)C[C@@H]2OCc2ccc3c(c2)N(CCCOC)CCO3)cc1. The Bertz CT molecular complexity index is 1250. The molecule has 2 aromatic rings. The molecule has 0 spiro atoms. The standard InChI is InChI=1S/C36H52N2O8/c1-7-43-26(2)23-42-24-27-9-12-29(13-10-27)34-30(22-39)20-38(35(40)46-36(3,4)5)21-33(34)45-25-28-11-14-32-31(19-28)37(16-18-44-32)15-8-17-41-6/h9-14,19,22,26,30,33-34H,7-8,15-18,20-21,23-25H2,1-6H3/t26?,30-,33-,34-/m0/s1. The number of fused-ring (bicyclic) bond motifs is 1. The molecule has 0 saturated carbocycles. The average Bonchev–Trinajstić information content (AvgIpc) is 3.03. The maximum Gasteiger partial charge on any atom is 0.410 e. The van der Waals surface area contributed by atoms with Gasteiger partial charge in [-0.05, 0) is 69.9 Å². The third-order valence-electron chi connectivity index (χ3n) is 8.18. The minimum atomic E-state index is -0.653. The van der Waals surface area contributed by atoms with E-state index in [-0.39, 0.29) is 18.6 Å². The average molecular weight is 641 g/mol. The lowest BCUT2D eigenvalue weighted by molar-refractivity contribution is -0.117. The lowest BCUT2D eigenvalue weighted by atomic mass is 9.79. The monoisotopic (exact) mass is 640 g/mol. The highest BCUT2D eigenvalue weighted by Crippen LogP contribution is 2.37. The van der Waals surface area contributed by atoms with E-state index in [0.29, 0.717) is 46.2 Å². The fraction of sp³-hybridized carbons (Fsp3) is 0.611. The Labute approximate surface area is 274 Å². The summed E-state index contributed by atoms with van der Waals surface area (Å²) in [6, 6.07) is 14.3. The molecule has 1 fully saturated rings. The second-order valence-electron chi connectivity index (χ2n) is 13.1. The van der Waals surface area contributed by atoms with Gasteiger partial charge in [0, 0.05) is 45.2 Å². The lowest BCUT2D eigenvalue weighted by Crippen LogP contribution is -2.52. The van der Waals surface area contributed by atoms with Gasteiger partial charge in [0.25, 0.3) is 0 Å². The normalized spacial score (nSPS) is 20.5. The summed E-state index contributed by atoms with van der Waals surface area (Å²) in [6.07, 6.45) is 1.02. The van der Waals surface area contributed by atoms with Crippen molar-refractivity contribution in [1.29, 1.82) is 0 Å². The molecule has 0 aliphatic carbocycles. The van der Waals surface area contributed by atoms with Crippen molar-refractivity contribution in [2.24, 2.45) is 5.92 Å². The molecule has 10 heteroatoms. The third kappa shape index (κ3) is 10.2. The molecule has 2 aliphatic rings. The molecular weight excluding hydrogens is 588 g/mol. The first-order chi connectivity index (χ1) is 22.1. The zero-order chi connectivity index (χ0) is 33.1. The second-order valence-corrected chi connectivity index (χ2v) is 13.1. The molecule has 4 rings (SSSR count). The van der Waals surface area contributed by atoms with E-state index in [4.69, 9.17) is 28.4 Å². The number of methoxy groups -OCH3 is 1. The van der Waals surface area contributed by atoms with Gasteiger partial charge in [0.1, 0.15) is 24.2 Å². The number of ether oxygens (including phenoxy) is 6. The first-order valence-corrected chi connectivity index (χ1v) is 16.4. The molecular formula is C36H52N2O8. The summed E-state index contributed by atoms with van der Waals surface area (Å²) < 4.78 is 34.9. The molecule has 2 aromatic carbocycles. The van der Waals surface area contributed by atoms with E-state index in [1.165, 1.54) is 0 Å². The summed E-state index contributed by atoms with van der Waals surface area (Å²) in [7, 11) is 1.72. The number of rotatable bonds is 15. The zero-order valence-electron chi connectivity index (χ0n) is 28.4. The maximum atomic E-state index is 13.2. The van der Waals surface area contributed by atoms with Crippen LogP contribution >= 0.6 is 0 Å². The minimum absolute atomic E-state index is 0.0343. The first-order valence-electron chi connectivity index (χ1n) is 16.4. The number of anilines is 1. The van der Waals surface area contributed by atoms with Gasteiger partial charge in [-0.15, -0.1) is 0 Å². The number of likely N-dealkylation sites (tertiary alicyclic amines) is 1. The van der Waals surface area contributed by atoms with E-state index < -0.39 is 23.7 Å². The molecule has 4 atom stereocenters. The zero-order valence-corrected chi connectivity index (χ0v) is 28.4. The van der Waals surface area contributed by atoms with Gasteiger partial charge in [-0.2, -0.15) is 0 Å². The third-order valence-corrected chi connectivity index (χ3v) is 8.18. The summed E-state index contributed by atoms with van der Waals surface area (Å²) in [4.78, 5) is 29.6. The summed E-state index contributed by atoms with van der Waals surface area (Å²) >= 11 is 0. The van der Waals surface area contributed by atoms with Gasteiger partial charge < -0.3 is 43.0 Å². The molecule has 10 nitrogen and oxygen atoms in total. The summed E-state index contributed by atoms with van der Waals surface area (Å²) in [5, 5.41) is 0. The molecule has 0 radical (unpaired) electrons. The van der Waals surface area contributed by atoms with Crippen molar-refractivity contribution >= 4 is 18.1 Å². The lowest BCUT2D eigenvalue weighted by Gasteiger charge is -2.42. The van der Waals surface area contributed by atoms with Crippen molar-refractivity contribution in [3.8, 4) is 5.75 Å². The number of carbonyl (C=O) groups excluding carboxylic acids is 2. The molecule has 1 unspecified atom stereocenters. The van der Waals surface area contributed by atoms with Crippen LogP contribution in [0.3, 0.4) is 0 Å². The molecule has 46 heavy (non-hydrogen) atoms. The fourth-order valence-electron chi connectivity index (χ4n) is 6.03. The number of hydrogen-bond acceptors (Lipinski definition) is 9. The summed E-state index contributed by atoms with van der Waals surface area (Å²) in [6.45, 7) is 15.0. The van der Waals surface area contributed by atoms with E-state index >= 15 is 0 Å². The van der Waals surface area contributed by atoms with Crippen LogP contribution in [0.5, 0.6) is 5.75 Å². The van der Waals surface area contributed by atoms with Crippen LogP contribution in [0.25, 0.3) is 0 Å². The van der Waals surface area contributed by atoms with Crippen LogP contribution in [-0.4, -0.2) is 94.8 Å². The van der Waals surface area contributed by atoms with Gasteiger partial charge in [0.2, 0.25) is 0 Å². The van der Waals surface area contributed by atoms with Gasteiger partial charge in [-0.1, -0.05) is 30.3 Å². The smallest absolute Gasteiger partial charge is 0.410 e. The van der Waals surface area contributed by atoms with Gasteiger partial charge in [-0.3, -0.25) is 0 Å². The molecule has 2 heterocycles. The van der Waals surface area contributed by atoms with Crippen LogP contribution in [0.4, 0.5) is 10.5 Å². The number of aldehydes is 1. The number of nitrogens with zero attached hydrogens (tertiary/aromatic N) is 2. The molecule has 0 bridgehead atoms. The largest absolute Gasteiger partial charge is 0.490 e. The topological polar surface area (TPSA) is 96.0 Å². The highest BCUT2D eigenvalue weighted by atomic mass is 16.6. The van der Waals surface area contributed by atoms with Gasteiger partial charge in [0.15, 0.2) is 0 Å². The number of carbonyl (C=O) groups is 2. The van der Waals surface area contributed by atoms with Crippen LogP contribution in [-0.2, 0) is 41.7 Å². The molecule has 2 aliphatic heterocycles. The van der Waals surface area contributed by atoms with Crippen LogP contribution in [0.15, 0.2) is 42.5 Å². The molecule has 0 N–H and O–H groups in total. The van der Waals surface area contributed by atoms with Crippen molar-refractivity contribution in [3.05, 3.63) is 59.2 Å². The molecule has 1 amide bonds. The summed E-state index contributed by atoms with van der Waals surface area (Å²) in [5.41, 5.74) is 3.40. The Morgan fingerprint density at radius 3 is 2.54 bits per heavy atom. The molecule has 254 valence electrons. The van der Waals surface area contributed by atoms with Gasteiger partial charge >= 0.3 is 6.09 Å². The highest BCUT2D eigenvalue weighted by molar-refractivity contribution is 5.70. The Morgan fingerprint density at radius 2 is 1.85 bits per heavy atom. The van der Waals surface area contributed by atoms with Crippen molar-refractivity contribution in [2.45, 2.75) is 78.0 Å². The Hall–Kier alpha value is -3.18. The van der Waals surface area contributed by atoms with Crippen molar-refractivity contribution < 1.29 is 38.0 Å². The Kier molecular flexibility index (Phi) is 13.3. The van der Waals surface area contributed by atoms with Crippen LogP contribution in [0.2, 0.25) is 0 Å². The van der Waals surface area contributed by atoms with E-state index in [1.807, 2.05) is 71.0 Å². The quantitative estimate of drug-likeness (QED) is 0.182. The van der Waals surface area contributed by atoms with Crippen molar-refractivity contribution in [3.63, 3.8) is 0 Å². The van der Waals surface area contributed by atoms with E-state index in [0.717, 1.165) is 53.9 Å². The van der Waals surface area contributed by atoms with Crippen molar-refractivity contribution in [2.75, 3.05) is 64.6 Å². The Balaban J connectivity index is 1.52. The molecule has 1 saturated heterocycles. The summed E-state index contributed by atoms with van der Waals surface area (Å²) in [5.74, 6) is 0.153. The van der Waals surface area contributed by atoms with E-state index in [9.17, 15) is 9.59 Å². The van der Waals surface area contributed by atoms with Crippen LogP contribution < -0.4 is 9.64 Å². The first kappa shape index (κ1) is 35.7. The number of amides is 1. The van der Waals surface area contributed by atoms with Gasteiger partial charge in [-0.25, -0.2) is 4.79 Å². The second kappa shape index (κ2) is 17.1. The maximum absolute atomic E-state index is 13.2. The van der Waals surface area contributed by atoms with E-state index in [1.54, 1.807) is 12.0 Å². The minimum Gasteiger partial charge on any atom is -0.490 e. The van der Waals surface area contributed by atoms with Crippen LogP contribution in [0.1, 0.15) is 63.6 Å². The predicted octanol–water partition coefficient (Wildman–Crippen LogP) is 5.60. The predicted molar refractivity (Wildman–Crippen MR) is 177 cm³/mol. The number of benzene rings is 2. The fourth-order valence-corrected chi connectivity index (χ4v) is 6.03. The molecule has 0 aromatic heterocycles. The van der Waals surface area contributed by atoms with Crippen LogP contribution in [0, 0.1) is 5.92 Å². The van der Waals surface area contributed by atoms with Gasteiger partial charge in [0.05, 0.1) is 50.8 Å². The van der Waals surface area contributed by atoms with Crippen molar-refractivity contribution in [1.82, 2.24) is 4.90 Å². The number of piperidine rings is 1. The van der Waals surface area contributed by atoms with E-state index in [2.05, 4.69) is 11.0 Å². The Morgan fingerprint density at radius 1 is 1.09 bits per heavy atom. The number of hydrogen-bond donors (Lipinski definition) is 0.